The summed E-state index contributed by atoms with van der Waals surface area (Å²) in [4.78, 5) is 14.8. The Labute approximate surface area is 180 Å². The van der Waals surface area contributed by atoms with E-state index in [4.69, 9.17) is 0 Å². The molecule has 3 aliphatic rings. The van der Waals surface area contributed by atoms with Crippen molar-refractivity contribution in [2.24, 2.45) is 11.3 Å². The summed E-state index contributed by atoms with van der Waals surface area (Å²) in [7, 11) is 0. The zero-order chi connectivity index (χ0) is 20.3. The lowest BCUT2D eigenvalue weighted by Gasteiger charge is -2.31. The lowest BCUT2D eigenvalue weighted by atomic mass is 9.76. The van der Waals surface area contributed by atoms with Gasteiger partial charge in [-0.15, -0.1) is 0 Å². The topological polar surface area (TPSA) is 32.3 Å². The zero-order valence-corrected chi connectivity index (χ0v) is 19.0. The Morgan fingerprint density at radius 1 is 1.03 bits per heavy atom. The molecular weight excluding hydrogens is 376 g/mol. The highest BCUT2D eigenvalue weighted by Gasteiger charge is 2.42. The maximum Gasteiger partial charge on any atom is 0.230 e. The van der Waals surface area contributed by atoms with Gasteiger partial charge in [0.05, 0.1) is 5.41 Å². The summed E-state index contributed by atoms with van der Waals surface area (Å²) in [5.74, 6) is 0.902. The summed E-state index contributed by atoms with van der Waals surface area (Å²) in [5.41, 5.74) is 3.86. The van der Waals surface area contributed by atoms with Gasteiger partial charge in [-0.25, -0.2) is 4.31 Å². The number of aryl methyl sites for hydroxylation is 1. The molecule has 4 heteroatoms. The fraction of sp³-hybridized carbons (Fsp3) is 0.640. The number of allylic oxidation sites excluding steroid dienone is 2. The lowest BCUT2D eigenvalue weighted by molar-refractivity contribution is -0.131. The van der Waals surface area contributed by atoms with E-state index in [0.29, 0.717) is 11.8 Å². The van der Waals surface area contributed by atoms with Crippen molar-refractivity contribution in [3.05, 3.63) is 41.1 Å². The average Bonchev–Trinajstić information content (AvgIpc) is 3.00. The smallest absolute Gasteiger partial charge is 0.230 e. The molecule has 1 saturated heterocycles. The summed E-state index contributed by atoms with van der Waals surface area (Å²) < 4.78 is 2.48. The summed E-state index contributed by atoms with van der Waals surface area (Å²) in [6.45, 7) is 6.47. The van der Waals surface area contributed by atoms with Crippen molar-refractivity contribution in [2.45, 2.75) is 83.0 Å². The number of nitrogens with one attached hydrogen (secondary N) is 1. The summed E-state index contributed by atoms with van der Waals surface area (Å²) in [6.07, 6.45) is 11.7. The standard InChI is InChI=1S/C25H36N2OS/c1-19-8-6-11-22(18-19)29-27-16-7-13-25(15-17-27)14-12-20(2)23(26-24(25)28)21-9-4-3-5-10-21/h6,8,11,18,21H,3-5,7,9-10,12-17H2,1-2H3,(H,26,28). The molecule has 0 bridgehead atoms. The van der Waals surface area contributed by atoms with E-state index < -0.39 is 0 Å². The van der Waals surface area contributed by atoms with Crippen LogP contribution in [0.5, 0.6) is 0 Å². The van der Waals surface area contributed by atoms with Gasteiger partial charge in [0.15, 0.2) is 0 Å². The molecular formula is C25H36N2OS. The minimum atomic E-state index is -0.181. The first kappa shape index (κ1) is 21.0. The van der Waals surface area contributed by atoms with Crippen molar-refractivity contribution >= 4 is 17.9 Å². The molecule has 1 saturated carbocycles. The molecule has 1 aromatic rings. The van der Waals surface area contributed by atoms with Gasteiger partial charge in [0.1, 0.15) is 0 Å². The number of hydrogen-bond acceptors (Lipinski definition) is 3. The van der Waals surface area contributed by atoms with E-state index in [1.54, 1.807) is 0 Å². The van der Waals surface area contributed by atoms with Crippen LogP contribution < -0.4 is 5.32 Å². The predicted molar refractivity (Wildman–Crippen MR) is 122 cm³/mol. The molecule has 1 amide bonds. The van der Waals surface area contributed by atoms with Crippen LogP contribution in [0.4, 0.5) is 0 Å². The van der Waals surface area contributed by atoms with Gasteiger partial charge >= 0.3 is 0 Å². The van der Waals surface area contributed by atoms with Crippen LogP contribution in [-0.4, -0.2) is 23.3 Å². The summed E-state index contributed by atoms with van der Waals surface area (Å²) in [6, 6.07) is 8.74. The molecule has 2 fully saturated rings. The van der Waals surface area contributed by atoms with Crippen molar-refractivity contribution in [1.29, 1.82) is 0 Å². The number of carbonyl (C=O) groups is 1. The summed E-state index contributed by atoms with van der Waals surface area (Å²) >= 11 is 1.86. The minimum absolute atomic E-state index is 0.181. The molecule has 158 valence electrons. The van der Waals surface area contributed by atoms with E-state index in [-0.39, 0.29) is 5.41 Å². The number of benzene rings is 1. The second kappa shape index (κ2) is 9.26. The fourth-order valence-corrected chi connectivity index (χ4v) is 6.52. The Balaban J connectivity index is 1.43. The molecule has 1 atom stereocenters. The van der Waals surface area contributed by atoms with Crippen LogP contribution >= 0.6 is 11.9 Å². The third kappa shape index (κ3) is 4.91. The van der Waals surface area contributed by atoms with Crippen molar-refractivity contribution < 1.29 is 4.79 Å². The van der Waals surface area contributed by atoms with Crippen molar-refractivity contribution in [1.82, 2.24) is 9.62 Å². The number of rotatable bonds is 3. The van der Waals surface area contributed by atoms with Crippen LogP contribution in [-0.2, 0) is 4.79 Å². The SMILES string of the molecule is CC1=C(C2CCCCC2)NC(=O)C2(CCCN(Sc3cccc(C)c3)CC2)CC1. The Hall–Kier alpha value is -1.26. The molecule has 29 heavy (non-hydrogen) atoms. The second-order valence-electron chi connectivity index (χ2n) is 9.45. The second-order valence-corrected chi connectivity index (χ2v) is 10.6. The van der Waals surface area contributed by atoms with Crippen LogP contribution in [0.2, 0.25) is 0 Å². The molecule has 1 N–H and O–H groups in total. The third-order valence-corrected chi connectivity index (χ3v) is 8.40. The van der Waals surface area contributed by atoms with E-state index in [0.717, 1.165) is 45.2 Å². The van der Waals surface area contributed by atoms with Crippen LogP contribution in [0.3, 0.4) is 0 Å². The average molecular weight is 413 g/mol. The van der Waals surface area contributed by atoms with Gasteiger partial charge in [0, 0.05) is 23.7 Å². The van der Waals surface area contributed by atoms with Gasteiger partial charge < -0.3 is 5.32 Å². The van der Waals surface area contributed by atoms with E-state index in [2.05, 4.69) is 47.7 Å². The van der Waals surface area contributed by atoms with Crippen LogP contribution in [0.15, 0.2) is 40.4 Å². The van der Waals surface area contributed by atoms with Gasteiger partial charge in [-0.1, -0.05) is 37.0 Å². The third-order valence-electron chi connectivity index (χ3n) is 7.31. The van der Waals surface area contributed by atoms with E-state index in [1.807, 2.05) is 11.9 Å². The first-order valence-corrected chi connectivity index (χ1v) is 12.3. The van der Waals surface area contributed by atoms with Gasteiger partial charge in [-0.2, -0.15) is 0 Å². The minimum Gasteiger partial charge on any atom is -0.329 e. The van der Waals surface area contributed by atoms with Gasteiger partial charge in [0.25, 0.3) is 0 Å². The van der Waals surface area contributed by atoms with Gasteiger partial charge in [-0.05, 0) is 94.4 Å². The normalized spacial score (nSPS) is 27.6. The quantitative estimate of drug-likeness (QED) is 0.597. The number of nitrogens with zero attached hydrogens (tertiary/aromatic N) is 1. The molecule has 0 radical (unpaired) electrons. The van der Waals surface area contributed by atoms with Crippen molar-refractivity contribution in [3.63, 3.8) is 0 Å². The maximum atomic E-state index is 13.5. The van der Waals surface area contributed by atoms with Crippen molar-refractivity contribution in [2.75, 3.05) is 13.1 Å². The Morgan fingerprint density at radius 3 is 2.66 bits per heavy atom. The molecule has 2 aliphatic heterocycles. The first-order chi connectivity index (χ1) is 14.1. The van der Waals surface area contributed by atoms with Crippen LogP contribution in [0, 0.1) is 18.3 Å². The van der Waals surface area contributed by atoms with E-state index in [1.165, 1.54) is 53.8 Å². The number of carbonyl (C=O) groups excluding carboxylic acids is 1. The molecule has 0 aromatic heterocycles. The lowest BCUT2D eigenvalue weighted by Crippen LogP contribution is -2.41. The van der Waals surface area contributed by atoms with Crippen LogP contribution in [0.1, 0.15) is 76.7 Å². The number of amides is 1. The van der Waals surface area contributed by atoms with E-state index in [9.17, 15) is 4.79 Å². The molecule has 4 rings (SSSR count). The largest absolute Gasteiger partial charge is 0.329 e. The molecule has 1 aromatic carbocycles. The Morgan fingerprint density at radius 2 is 1.86 bits per heavy atom. The maximum absolute atomic E-state index is 13.5. The van der Waals surface area contributed by atoms with Crippen LogP contribution in [0.25, 0.3) is 0 Å². The highest BCUT2D eigenvalue weighted by molar-refractivity contribution is 7.97. The highest BCUT2D eigenvalue weighted by atomic mass is 32.2. The zero-order valence-electron chi connectivity index (χ0n) is 18.1. The number of hydrogen-bond donors (Lipinski definition) is 1. The predicted octanol–water partition coefficient (Wildman–Crippen LogP) is 6.24. The molecule has 1 unspecified atom stereocenters. The van der Waals surface area contributed by atoms with Gasteiger partial charge in [-0.3, -0.25) is 4.79 Å². The molecule has 3 nitrogen and oxygen atoms in total. The molecule has 2 heterocycles. The monoisotopic (exact) mass is 412 g/mol. The van der Waals surface area contributed by atoms with Gasteiger partial charge in [0.2, 0.25) is 5.91 Å². The Kier molecular flexibility index (Phi) is 6.70. The first-order valence-electron chi connectivity index (χ1n) is 11.6. The fourth-order valence-electron chi connectivity index (χ4n) is 5.44. The Bertz CT molecular complexity index is 768. The molecule has 1 aliphatic carbocycles. The highest BCUT2D eigenvalue weighted by Crippen LogP contribution is 2.43. The summed E-state index contributed by atoms with van der Waals surface area (Å²) in [5, 5.41) is 3.47. The van der Waals surface area contributed by atoms with E-state index >= 15 is 0 Å². The van der Waals surface area contributed by atoms with Crippen molar-refractivity contribution in [3.8, 4) is 0 Å². The molecule has 1 spiro atoms.